The van der Waals surface area contributed by atoms with Crippen LogP contribution in [0.1, 0.15) is 38.2 Å². The summed E-state index contributed by atoms with van der Waals surface area (Å²) in [5, 5.41) is 18.1. The topological polar surface area (TPSA) is 105 Å². The van der Waals surface area contributed by atoms with Gasteiger partial charge in [-0.2, -0.15) is 4.98 Å². The maximum absolute atomic E-state index is 14.6. The van der Waals surface area contributed by atoms with Crippen LogP contribution in [0.25, 0.3) is 16.8 Å². The van der Waals surface area contributed by atoms with E-state index in [2.05, 4.69) is 54.3 Å². The number of hydrogen-bond acceptors (Lipinski definition) is 7. The van der Waals surface area contributed by atoms with Gasteiger partial charge in [0.2, 0.25) is 11.9 Å². The molecule has 10 heteroatoms. The van der Waals surface area contributed by atoms with Gasteiger partial charge in [0.25, 0.3) is 0 Å². The van der Waals surface area contributed by atoms with Crippen molar-refractivity contribution in [2.24, 2.45) is 4.99 Å². The molecular weight excluding hydrogens is 402 g/mol. The smallest absolute Gasteiger partial charge is 0.250 e. The highest BCUT2D eigenvalue weighted by molar-refractivity contribution is 5.82. The molecule has 1 saturated carbocycles. The molecule has 2 heterocycles. The lowest BCUT2D eigenvalue weighted by Gasteiger charge is -2.11. The van der Waals surface area contributed by atoms with Gasteiger partial charge in [0.05, 0.1) is 0 Å². The van der Waals surface area contributed by atoms with Crippen molar-refractivity contribution < 1.29 is 8.78 Å². The summed E-state index contributed by atoms with van der Waals surface area (Å²) in [4.78, 5) is 12.4. The van der Waals surface area contributed by atoms with Crippen molar-refractivity contribution in [1.29, 1.82) is 0 Å². The van der Waals surface area contributed by atoms with Gasteiger partial charge < -0.3 is 0 Å². The summed E-state index contributed by atoms with van der Waals surface area (Å²) in [5.74, 6) is 0.0130. The molecule has 0 aliphatic heterocycles. The highest BCUT2D eigenvalue weighted by Gasteiger charge is 2.42. The molecule has 0 saturated heterocycles. The zero-order valence-electron chi connectivity index (χ0n) is 17.0. The third kappa shape index (κ3) is 4.23. The third-order valence-electron chi connectivity index (χ3n) is 5.07. The molecule has 1 fully saturated rings. The van der Waals surface area contributed by atoms with Gasteiger partial charge in [-0.25, -0.2) is 13.8 Å². The van der Waals surface area contributed by atoms with E-state index in [0.29, 0.717) is 0 Å². The van der Waals surface area contributed by atoms with Gasteiger partial charge in [0.15, 0.2) is 0 Å². The van der Waals surface area contributed by atoms with E-state index in [1.54, 1.807) is 12.1 Å². The van der Waals surface area contributed by atoms with Crippen LogP contribution in [0.2, 0.25) is 0 Å². The maximum atomic E-state index is 14.6. The van der Waals surface area contributed by atoms with Gasteiger partial charge >= 0.3 is 0 Å². The largest absolute Gasteiger partial charge is 0.290 e. The number of anilines is 2. The molecule has 0 spiro atoms. The average molecular weight is 422 g/mol. The van der Waals surface area contributed by atoms with Crippen molar-refractivity contribution in [2.75, 3.05) is 5.32 Å². The zero-order valence-corrected chi connectivity index (χ0v) is 17.0. The minimum atomic E-state index is -0.550. The summed E-state index contributed by atoms with van der Waals surface area (Å²) >= 11 is 0. The molecule has 8 nitrogen and oxygen atoms in total. The molecule has 3 aromatic rings. The fourth-order valence-corrected chi connectivity index (χ4v) is 3.00. The van der Waals surface area contributed by atoms with Crippen LogP contribution in [-0.4, -0.2) is 37.1 Å². The van der Waals surface area contributed by atoms with Gasteiger partial charge in [-0.15, -0.1) is 15.3 Å². The Labute approximate surface area is 177 Å². The second-order valence-corrected chi connectivity index (χ2v) is 7.45. The van der Waals surface area contributed by atoms with Gasteiger partial charge in [-0.3, -0.25) is 15.4 Å². The quantitative estimate of drug-likeness (QED) is 0.429. The number of halogens is 2. The molecule has 1 aromatic carbocycles. The van der Waals surface area contributed by atoms with E-state index in [1.807, 2.05) is 0 Å². The predicted molar refractivity (Wildman–Crippen MR) is 114 cm³/mol. The lowest BCUT2D eigenvalue weighted by Crippen LogP contribution is -2.07. The average Bonchev–Trinajstić information content (AvgIpc) is 3.32. The van der Waals surface area contributed by atoms with E-state index in [-0.39, 0.29) is 39.8 Å². The van der Waals surface area contributed by atoms with E-state index in [0.717, 1.165) is 18.7 Å². The number of H-pyrrole nitrogens is 1. The van der Waals surface area contributed by atoms with E-state index >= 15 is 0 Å². The summed E-state index contributed by atoms with van der Waals surface area (Å²) in [7, 11) is 0. The molecule has 0 amide bonds. The Bertz CT molecular complexity index is 1190. The highest BCUT2D eigenvalue weighted by Crippen LogP contribution is 2.46. The Balaban J connectivity index is 1.77. The number of hydrogen-bond donors (Lipinski definition) is 2. The number of allylic oxidation sites excluding steroid dienone is 3. The number of aromatic nitrogens is 6. The number of rotatable bonds is 7. The number of aromatic amines is 1. The molecule has 158 valence electrons. The van der Waals surface area contributed by atoms with Gasteiger partial charge in [0, 0.05) is 22.8 Å². The fourth-order valence-electron chi connectivity index (χ4n) is 3.00. The Kier molecular flexibility index (Phi) is 5.37. The number of nitrogens with one attached hydrogen (secondary N) is 2. The molecule has 1 aliphatic carbocycles. The van der Waals surface area contributed by atoms with Crippen LogP contribution in [0.4, 0.5) is 20.7 Å². The van der Waals surface area contributed by atoms with Crippen LogP contribution in [0.15, 0.2) is 47.4 Å². The van der Waals surface area contributed by atoms with Crippen LogP contribution in [0.3, 0.4) is 0 Å². The first-order valence-electron chi connectivity index (χ1n) is 9.60. The molecule has 0 unspecified atom stereocenters. The highest BCUT2D eigenvalue weighted by atomic mass is 19.1. The maximum Gasteiger partial charge on any atom is 0.250 e. The summed E-state index contributed by atoms with van der Waals surface area (Å²) in [6.45, 7) is 6.70. The van der Waals surface area contributed by atoms with Crippen molar-refractivity contribution >= 4 is 24.2 Å². The number of aliphatic imine (C=N–C) groups is 1. The molecule has 2 aromatic heterocycles. The first-order chi connectivity index (χ1) is 14.9. The Morgan fingerprint density at radius 3 is 2.68 bits per heavy atom. The lowest BCUT2D eigenvalue weighted by atomic mass is 10.0. The van der Waals surface area contributed by atoms with Crippen molar-refractivity contribution in [3.8, 4) is 11.3 Å². The van der Waals surface area contributed by atoms with Crippen molar-refractivity contribution in [2.45, 2.75) is 32.1 Å². The van der Waals surface area contributed by atoms with Gasteiger partial charge in [-0.05, 0) is 44.7 Å². The Hall–Kier alpha value is -3.82. The van der Waals surface area contributed by atoms with Crippen molar-refractivity contribution in [3.05, 3.63) is 59.7 Å². The monoisotopic (exact) mass is 422 g/mol. The van der Waals surface area contributed by atoms with Crippen LogP contribution >= 0.6 is 0 Å². The van der Waals surface area contributed by atoms with E-state index in [9.17, 15) is 8.78 Å². The predicted octanol–water partition coefficient (Wildman–Crippen LogP) is 4.51. The third-order valence-corrected chi connectivity index (χ3v) is 5.07. The second-order valence-electron chi connectivity index (χ2n) is 7.45. The van der Waals surface area contributed by atoms with Crippen LogP contribution in [0.5, 0.6) is 0 Å². The standard InChI is InChI=1S/C21H20F2N8/c1-12(22)13(8-11-24-3)17-16(14-6-4-5-7-15(14)23)25-19(30-28-17)27-20-26-18(29-31-20)21(2)9-10-21/h4-8,11H,3,9-10H2,1-2H3,(H2,25,26,27,29,30,31)/b11-8-,13-12-. The molecular formula is C21H20F2N8. The summed E-state index contributed by atoms with van der Waals surface area (Å²) in [5.41, 5.74) is 0.408. The fraction of sp³-hybridized carbons (Fsp3) is 0.238. The van der Waals surface area contributed by atoms with Crippen LogP contribution in [-0.2, 0) is 5.41 Å². The number of nitrogens with zero attached hydrogens (tertiary/aromatic N) is 6. The van der Waals surface area contributed by atoms with Crippen molar-refractivity contribution in [1.82, 2.24) is 30.4 Å². The summed E-state index contributed by atoms with van der Waals surface area (Å²) in [6, 6.07) is 6.03. The molecule has 4 rings (SSSR count). The van der Waals surface area contributed by atoms with Crippen LogP contribution in [0, 0.1) is 5.82 Å². The van der Waals surface area contributed by atoms with Crippen LogP contribution < -0.4 is 5.32 Å². The zero-order chi connectivity index (χ0) is 22.0. The lowest BCUT2D eigenvalue weighted by molar-refractivity contribution is 0.630. The minimum Gasteiger partial charge on any atom is -0.290 e. The second kappa shape index (κ2) is 8.13. The van der Waals surface area contributed by atoms with E-state index in [4.69, 9.17) is 0 Å². The normalized spacial score (nSPS) is 15.6. The first-order valence-corrected chi connectivity index (χ1v) is 9.60. The SMILES string of the molecule is C=N/C=C\C(=C(/C)F)c1nnc(Nc2n[nH]c(C3(C)CC3)n2)nc1-c1ccccc1F. The Morgan fingerprint density at radius 1 is 1.23 bits per heavy atom. The first kappa shape index (κ1) is 20.5. The Morgan fingerprint density at radius 2 is 2.00 bits per heavy atom. The molecule has 0 radical (unpaired) electrons. The van der Waals surface area contributed by atoms with E-state index < -0.39 is 11.6 Å². The molecule has 0 atom stereocenters. The van der Waals surface area contributed by atoms with E-state index in [1.165, 1.54) is 31.3 Å². The van der Waals surface area contributed by atoms with Gasteiger partial charge in [0.1, 0.15) is 28.9 Å². The molecule has 2 N–H and O–H groups in total. The summed E-state index contributed by atoms with van der Waals surface area (Å²) in [6.07, 6.45) is 4.77. The molecule has 31 heavy (non-hydrogen) atoms. The minimum absolute atomic E-state index is 0.0120. The van der Waals surface area contributed by atoms with Gasteiger partial charge in [-0.1, -0.05) is 19.1 Å². The number of benzene rings is 1. The van der Waals surface area contributed by atoms with Crippen molar-refractivity contribution in [3.63, 3.8) is 0 Å². The summed E-state index contributed by atoms with van der Waals surface area (Å²) < 4.78 is 28.9. The molecule has 1 aliphatic rings. The molecule has 0 bridgehead atoms.